The molecule has 0 unspecified atom stereocenters. The Labute approximate surface area is 224 Å². The maximum atomic E-state index is 12.7. The van der Waals surface area contributed by atoms with Gasteiger partial charge in [-0.1, -0.05) is 46.9 Å². The first-order valence-electron chi connectivity index (χ1n) is 13.3. The molecule has 3 rings (SSSR count). The van der Waals surface area contributed by atoms with Gasteiger partial charge in [0, 0.05) is 25.8 Å². The lowest BCUT2D eigenvalue weighted by atomic mass is 9.44. The number of carbonyl (C=O) groups excluding carboxylic acids is 3. The predicted octanol–water partition coefficient (Wildman–Crippen LogP) is 3.59. The van der Waals surface area contributed by atoms with Crippen molar-refractivity contribution in [2.45, 2.75) is 98.1 Å². The minimum absolute atomic E-state index is 0.0941. The average molecular weight is 535 g/mol. The zero-order valence-electron chi connectivity index (χ0n) is 23.3. The first-order valence-corrected chi connectivity index (χ1v) is 13.3. The Hall–Kier alpha value is -2.49. The first kappa shape index (κ1) is 30.1. The molecular weight excluding hydrogens is 492 g/mol. The fourth-order valence-corrected chi connectivity index (χ4v) is 6.64. The lowest BCUT2D eigenvalue weighted by Crippen LogP contribution is -2.63. The molecule has 0 aromatic rings. The molecule has 9 nitrogen and oxygen atoms in total. The van der Waals surface area contributed by atoms with E-state index in [0.29, 0.717) is 17.6 Å². The van der Waals surface area contributed by atoms with E-state index in [4.69, 9.17) is 18.9 Å². The molecule has 0 bridgehead atoms. The van der Waals surface area contributed by atoms with Crippen molar-refractivity contribution < 1.29 is 43.5 Å². The molecule has 1 spiro atoms. The van der Waals surface area contributed by atoms with Crippen molar-refractivity contribution in [2.75, 3.05) is 0 Å². The molecule has 0 aromatic heterocycles. The summed E-state index contributed by atoms with van der Waals surface area (Å²) in [5.41, 5.74) is -1.09. The second-order valence-corrected chi connectivity index (χ2v) is 11.6. The van der Waals surface area contributed by atoms with Crippen LogP contribution in [0.3, 0.4) is 0 Å². The number of ether oxygens (including phenoxy) is 4. The van der Waals surface area contributed by atoms with Crippen LogP contribution in [0.5, 0.6) is 0 Å². The van der Waals surface area contributed by atoms with Crippen LogP contribution >= 0.6 is 0 Å². The van der Waals surface area contributed by atoms with Gasteiger partial charge in [0.25, 0.3) is 0 Å². The maximum Gasteiger partial charge on any atom is 0.306 e. The van der Waals surface area contributed by atoms with Crippen LogP contribution in [0.1, 0.15) is 67.2 Å². The number of aliphatic hydroxyl groups is 2. The fraction of sp³-hybridized carbons (Fsp3) is 0.690. The summed E-state index contributed by atoms with van der Waals surface area (Å²) in [6, 6.07) is 0. The summed E-state index contributed by atoms with van der Waals surface area (Å²) in [5, 5.41) is 22.7. The van der Waals surface area contributed by atoms with E-state index in [-0.39, 0.29) is 37.1 Å². The number of hydrogen-bond donors (Lipinski definition) is 2. The lowest BCUT2D eigenvalue weighted by molar-refractivity contribution is -0.256. The van der Waals surface area contributed by atoms with Crippen molar-refractivity contribution in [2.24, 2.45) is 28.6 Å². The molecule has 0 aromatic carbocycles. The van der Waals surface area contributed by atoms with Gasteiger partial charge in [0.1, 0.15) is 6.10 Å². The third-order valence-corrected chi connectivity index (χ3v) is 8.58. The molecule has 2 aliphatic carbocycles. The second-order valence-electron chi connectivity index (χ2n) is 11.6. The molecule has 1 heterocycles. The molecule has 0 radical (unpaired) electrons. The predicted molar refractivity (Wildman–Crippen MR) is 138 cm³/mol. The Morgan fingerprint density at radius 1 is 1.18 bits per heavy atom. The smallest absolute Gasteiger partial charge is 0.306 e. The molecule has 2 N–H and O–H groups in total. The molecule has 2 fully saturated rings. The first-order chi connectivity index (χ1) is 17.7. The van der Waals surface area contributed by atoms with Gasteiger partial charge in [0.15, 0.2) is 0 Å². The molecule has 1 aliphatic heterocycles. The minimum Gasteiger partial charge on any atom is -0.458 e. The minimum atomic E-state index is -1.29. The molecule has 9 atom stereocenters. The van der Waals surface area contributed by atoms with Crippen molar-refractivity contribution in [1.29, 1.82) is 0 Å². The van der Waals surface area contributed by atoms with Crippen LogP contribution in [0.25, 0.3) is 0 Å². The van der Waals surface area contributed by atoms with Gasteiger partial charge >= 0.3 is 17.9 Å². The molecule has 38 heavy (non-hydrogen) atoms. The largest absolute Gasteiger partial charge is 0.458 e. The maximum absolute atomic E-state index is 12.7. The highest BCUT2D eigenvalue weighted by atomic mass is 16.8. The van der Waals surface area contributed by atoms with Crippen LogP contribution in [0.15, 0.2) is 36.5 Å². The van der Waals surface area contributed by atoms with E-state index in [9.17, 15) is 24.6 Å². The van der Waals surface area contributed by atoms with Crippen LogP contribution in [0.4, 0.5) is 0 Å². The number of rotatable bonds is 9. The summed E-state index contributed by atoms with van der Waals surface area (Å²) < 4.78 is 23.0. The summed E-state index contributed by atoms with van der Waals surface area (Å²) in [6.45, 7) is 17.9. The Morgan fingerprint density at radius 2 is 1.82 bits per heavy atom. The summed E-state index contributed by atoms with van der Waals surface area (Å²) in [7, 11) is 0. The van der Waals surface area contributed by atoms with E-state index in [2.05, 4.69) is 13.2 Å². The van der Waals surface area contributed by atoms with Crippen LogP contribution in [0.2, 0.25) is 0 Å². The van der Waals surface area contributed by atoms with E-state index in [1.165, 1.54) is 19.9 Å². The second kappa shape index (κ2) is 11.3. The molecule has 1 saturated heterocycles. The third kappa shape index (κ3) is 5.46. The normalized spacial score (nSPS) is 36.8. The van der Waals surface area contributed by atoms with Crippen LogP contribution in [0, 0.1) is 28.6 Å². The summed E-state index contributed by atoms with van der Waals surface area (Å²) in [6.07, 6.45) is -0.885. The molecule has 212 valence electrons. The van der Waals surface area contributed by atoms with E-state index in [1.54, 1.807) is 6.08 Å². The number of esters is 3. The van der Waals surface area contributed by atoms with Gasteiger partial charge in [-0.15, -0.1) is 0 Å². The number of carbonyl (C=O) groups is 3. The van der Waals surface area contributed by atoms with Crippen molar-refractivity contribution in [3.05, 3.63) is 36.5 Å². The average Bonchev–Trinajstić information content (AvgIpc) is 3.08. The highest BCUT2D eigenvalue weighted by Gasteiger charge is 2.71. The molecule has 3 aliphatic rings. The SMILES string of the molecule is C=CC(=C)[C@H](O)C[C@]1(C)[C@H](C)C[C@H](O)[C@@]23C(=C[C@H](OC(=O)CC(C)C)C[C@@H]12)[C@@H](OC(C)=O)O[C@H]3OC(C)=O. The van der Waals surface area contributed by atoms with Gasteiger partial charge in [0.2, 0.25) is 12.6 Å². The van der Waals surface area contributed by atoms with Gasteiger partial charge in [-0.05, 0) is 54.1 Å². The van der Waals surface area contributed by atoms with Crippen molar-refractivity contribution in [3.63, 3.8) is 0 Å². The Balaban J connectivity index is 2.20. The summed E-state index contributed by atoms with van der Waals surface area (Å²) >= 11 is 0. The van der Waals surface area contributed by atoms with E-state index >= 15 is 0 Å². The number of hydrogen-bond acceptors (Lipinski definition) is 9. The van der Waals surface area contributed by atoms with E-state index in [0.717, 1.165) is 0 Å². The van der Waals surface area contributed by atoms with Crippen LogP contribution in [-0.4, -0.2) is 59.0 Å². The van der Waals surface area contributed by atoms with E-state index in [1.807, 2.05) is 27.7 Å². The fourth-order valence-electron chi connectivity index (χ4n) is 6.64. The molecular formula is C29H42O9. The van der Waals surface area contributed by atoms with E-state index < -0.39 is 59.6 Å². The molecule has 0 amide bonds. The standard InChI is InChI=1S/C29H42O9/c1-9-16(4)22(32)14-28(8)17(5)11-24(33)29-21(26(35-18(6)30)38-27(29)36-19(7)31)12-20(13-23(28)29)37-25(34)10-15(2)3/h9,12,15,17,20,22-24,26-27,32-33H,1,4,10-11,13-14H2,2-3,5-8H3/t17-,20+,22-,23+,24+,26+,27-,28-,29-/m1/s1. The lowest BCUT2D eigenvalue weighted by Gasteiger charge is -2.60. The van der Waals surface area contributed by atoms with Gasteiger partial charge in [-0.2, -0.15) is 0 Å². The van der Waals surface area contributed by atoms with Crippen LogP contribution in [-0.2, 0) is 33.3 Å². The van der Waals surface area contributed by atoms with Gasteiger partial charge in [0.05, 0.1) is 17.6 Å². The van der Waals surface area contributed by atoms with Crippen molar-refractivity contribution in [3.8, 4) is 0 Å². The van der Waals surface area contributed by atoms with Gasteiger partial charge in [-0.3, -0.25) is 19.1 Å². The number of aliphatic hydroxyl groups excluding tert-OH is 2. The Morgan fingerprint density at radius 3 is 2.37 bits per heavy atom. The van der Waals surface area contributed by atoms with Gasteiger partial charge in [-0.25, -0.2) is 0 Å². The van der Waals surface area contributed by atoms with Crippen molar-refractivity contribution in [1.82, 2.24) is 0 Å². The molecule has 9 heteroatoms. The Bertz CT molecular complexity index is 1000. The quantitative estimate of drug-likeness (QED) is 0.197. The Kier molecular flexibility index (Phi) is 8.95. The third-order valence-electron chi connectivity index (χ3n) is 8.58. The monoisotopic (exact) mass is 534 g/mol. The van der Waals surface area contributed by atoms with Gasteiger partial charge < -0.3 is 24.4 Å². The topological polar surface area (TPSA) is 129 Å². The molecule has 1 saturated carbocycles. The zero-order chi connectivity index (χ0) is 28.6. The summed E-state index contributed by atoms with van der Waals surface area (Å²) in [4.78, 5) is 36.9. The highest BCUT2D eigenvalue weighted by molar-refractivity contribution is 5.70. The zero-order valence-corrected chi connectivity index (χ0v) is 23.3. The summed E-state index contributed by atoms with van der Waals surface area (Å²) in [5.74, 6) is -2.12. The van der Waals surface area contributed by atoms with Crippen molar-refractivity contribution >= 4 is 17.9 Å². The highest BCUT2D eigenvalue weighted by Crippen LogP contribution is 2.67. The van der Waals surface area contributed by atoms with Crippen LogP contribution < -0.4 is 0 Å².